The lowest BCUT2D eigenvalue weighted by Crippen LogP contribution is -2.46. The number of nitro groups is 1. The number of nitro benzene ring substituents is 1. The average molecular weight is 437 g/mol. The molecule has 1 aromatic heterocycles. The summed E-state index contributed by atoms with van der Waals surface area (Å²) in [6.07, 6.45) is 4.87. The van der Waals surface area contributed by atoms with Gasteiger partial charge in [-0.25, -0.2) is 0 Å². The molecule has 0 radical (unpaired) electrons. The van der Waals surface area contributed by atoms with Crippen molar-refractivity contribution < 1.29 is 14.4 Å². The summed E-state index contributed by atoms with van der Waals surface area (Å²) in [6, 6.07) is 11.4. The zero-order chi connectivity index (χ0) is 21.9. The van der Waals surface area contributed by atoms with E-state index in [0.717, 1.165) is 80.0 Å². The fourth-order valence-corrected chi connectivity index (χ4v) is 4.69. The molecule has 8 nitrogen and oxygen atoms in total. The Hall–Kier alpha value is -3.26. The van der Waals surface area contributed by atoms with Crippen LogP contribution in [0.4, 0.5) is 11.4 Å². The van der Waals surface area contributed by atoms with Gasteiger partial charge in [-0.05, 0) is 49.6 Å². The molecule has 2 aliphatic rings. The van der Waals surface area contributed by atoms with Gasteiger partial charge in [-0.15, -0.1) is 0 Å². The first-order valence-electron chi connectivity index (χ1n) is 11.3. The monoisotopic (exact) mass is 436 g/mol. The number of H-pyrrole nitrogens is 1. The highest BCUT2D eigenvalue weighted by molar-refractivity contribution is 5.91. The summed E-state index contributed by atoms with van der Waals surface area (Å²) in [5.74, 6) is 1.67. The molecule has 1 fully saturated rings. The predicted molar refractivity (Wildman–Crippen MR) is 124 cm³/mol. The van der Waals surface area contributed by atoms with E-state index in [1.807, 2.05) is 18.3 Å². The van der Waals surface area contributed by atoms with E-state index in [0.29, 0.717) is 13.2 Å². The SMILES string of the molecule is O=[N+]([O-])c1cccc2[nH]cc(CCCCN3CCN(c4ccc5c(c4)OCCO5)CC3)c12. The van der Waals surface area contributed by atoms with E-state index in [2.05, 4.69) is 26.9 Å². The standard InChI is InChI=1S/C24H28N4O4/c29-28(30)21-6-3-5-20-24(21)18(17-25-20)4-1-2-9-26-10-12-27(13-11-26)19-7-8-22-23(16-19)32-15-14-31-22/h3,5-8,16-17,25H,1-2,4,9-15H2. The first-order valence-corrected chi connectivity index (χ1v) is 11.3. The van der Waals surface area contributed by atoms with Crippen molar-refractivity contribution in [2.45, 2.75) is 19.3 Å². The van der Waals surface area contributed by atoms with Crippen molar-refractivity contribution in [2.75, 3.05) is 50.8 Å². The highest BCUT2D eigenvalue weighted by Gasteiger charge is 2.20. The summed E-state index contributed by atoms with van der Waals surface area (Å²) in [5.41, 5.74) is 3.25. The Morgan fingerprint density at radius 3 is 2.62 bits per heavy atom. The number of piperazine rings is 1. The number of anilines is 1. The van der Waals surface area contributed by atoms with Crippen LogP contribution in [0.5, 0.6) is 11.5 Å². The maximum atomic E-state index is 11.4. The Labute approximate surface area is 186 Å². The van der Waals surface area contributed by atoms with Crippen LogP contribution in [0, 0.1) is 10.1 Å². The Balaban J connectivity index is 1.10. The van der Waals surface area contributed by atoms with Crippen LogP contribution in [-0.4, -0.2) is 60.7 Å². The Kier molecular flexibility index (Phi) is 5.85. The number of hydrogen-bond acceptors (Lipinski definition) is 6. The number of nitrogens with one attached hydrogen (secondary N) is 1. The molecule has 0 unspecified atom stereocenters. The molecule has 0 saturated carbocycles. The van der Waals surface area contributed by atoms with Gasteiger partial charge in [0.15, 0.2) is 11.5 Å². The minimum atomic E-state index is -0.291. The average Bonchev–Trinajstić information content (AvgIpc) is 3.25. The molecule has 3 aromatic rings. The van der Waals surface area contributed by atoms with Crippen LogP contribution in [0.15, 0.2) is 42.6 Å². The smallest absolute Gasteiger partial charge is 0.279 e. The molecule has 32 heavy (non-hydrogen) atoms. The molecule has 1 saturated heterocycles. The molecule has 0 spiro atoms. The first-order chi connectivity index (χ1) is 15.7. The number of ether oxygens (including phenoxy) is 2. The van der Waals surface area contributed by atoms with Gasteiger partial charge in [0.05, 0.1) is 15.8 Å². The molecule has 168 valence electrons. The van der Waals surface area contributed by atoms with Crippen molar-refractivity contribution in [3.8, 4) is 11.5 Å². The van der Waals surface area contributed by atoms with Crippen LogP contribution in [0.1, 0.15) is 18.4 Å². The third kappa shape index (κ3) is 4.23. The number of aromatic amines is 1. The van der Waals surface area contributed by atoms with Crippen molar-refractivity contribution in [1.29, 1.82) is 0 Å². The number of non-ortho nitro benzene ring substituents is 1. The van der Waals surface area contributed by atoms with E-state index < -0.39 is 0 Å². The molecule has 8 heteroatoms. The number of benzene rings is 2. The first kappa shape index (κ1) is 20.6. The molecular weight excluding hydrogens is 408 g/mol. The van der Waals surface area contributed by atoms with Crippen LogP contribution >= 0.6 is 0 Å². The summed E-state index contributed by atoms with van der Waals surface area (Å²) in [6.45, 7) is 6.33. The van der Waals surface area contributed by atoms with E-state index in [1.54, 1.807) is 12.1 Å². The molecule has 2 aliphatic heterocycles. The summed E-state index contributed by atoms with van der Waals surface area (Å²) >= 11 is 0. The molecule has 0 aliphatic carbocycles. The van der Waals surface area contributed by atoms with Crippen molar-refractivity contribution in [3.63, 3.8) is 0 Å². The highest BCUT2D eigenvalue weighted by Crippen LogP contribution is 2.34. The quantitative estimate of drug-likeness (QED) is 0.343. The number of aryl methyl sites for hydroxylation is 1. The van der Waals surface area contributed by atoms with Gasteiger partial charge in [-0.1, -0.05) is 6.07 Å². The Morgan fingerprint density at radius 2 is 1.81 bits per heavy atom. The molecule has 0 bridgehead atoms. The van der Waals surface area contributed by atoms with E-state index >= 15 is 0 Å². The number of hydrogen-bond donors (Lipinski definition) is 1. The zero-order valence-electron chi connectivity index (χ0n) is 18.1. The largest absolute Gasteiger partial charge is 0.486 e. The van der Waals surface area contributed by atoms with Gasteiger partial charge in [0.25, 0.3) is 5.69 Å². The summed E-state index contributed by atoms with van der Waals surface area (Å²) in [5, 5.41) is 12.1. The molecule has 1 N–H and O–H groups in total. The topological polar surface area (TPSA) is 83.9 Å². The molecule has 5 rings (SSSR count). The van der Waals surface area contributed by atoms with E-state index in [9.17, 15) is 10.1 Å². The van der Waals surface area contributed by atoms with Gasteiger partial charge >= 0.3 is 0 Å². The van der Waals surface area contributed by atoms with Crippen LogP contribution in [0.25, 0.3) is 10.9 Å². The second kappa shape index (κ2) is 9.08. The van der Waals surface area contributed by atoms with Crippen molar-refractivity contribution in [3.05, 3.63) is 58.3 Å². The molecule has 3 heterocycles. The maximum absolute atomic E-state index is 11.4. The number of rotatable bonds is 7. The summed E-state index contributed by atoms with van der Waals surface area (Å²) < 4.78 is 11.3. The van der Waals surface area contributed by atoms with Crippen LogP contribution in [-0.2, 0) is 6.42 Å². The van der Waals surface area contributed by atoms with Crippen molar-refractivity contribution >= 4 is 22.3 Å². The van der Waals surface area contributed by atoms with E-state index in [4.69, 9.17) is 9.47 Å². The van der Waals surface area contributed by atoms with E-state index in [1.165, 1.54) is 5.69 Å². The number of aromatic nitrogens is 1. The second-order valence-corrected chi connectivity index (χ2v) is 8.38. The predicted octanol–water partition coefficient (Wildman–Crippen LogP) is 3.99. The van der Waals surface area contributed by atoms with Gasteiger partial charge in [0, 0.05) is 50.2 Å². The van der Waals surface area contributed by atoms with Gasteiger partial charge in [-0.3, -0.25) is 15.0 Å². The number of fused-ring (bicyclic) bond motifs is 2. The van der Waals surface area contributed by atoms with Crippen LogP contribution < -0.4 is 14.4 Å². The molecule has 0 atom stereocenters. The Bertz CT molecular complexity index is 1100. The van der Waals surface area contributed by atoms with Gasteiger partial charge in [0.1, 0.15) is 13.2 Å². The molecule has 0 amide bonds. The highest BCUT2D eigenvalue weighted by atomic mass is 16.6. The summed E-state index contributed by atoms with van der Waals surface area (Å²) in [7, 11) is 0. The number of unbranched alkanes of at least 4 members (excludes halogenated alkanes) is 1. The van der Waals surface area contributed by atoms with E-state index in [-0.39, 0.29) is 10.6 Å². The lowest BCUT2D eigenvalue weighted by atomic mass is 10.1. The third-order valence-corrected chi connectivity index (χ3v) is 6.40. The molecular formula is C24H28N4O4. The zero-order valence-corrected chi connectivity index (χ0v) is 18.1. The minimum absolute atomic E-state index is 0.189. The summed E-state index contributed by atoms with van der Waals surface area (Å²) in [4.78, 5) is 19.2. The number of nitrogens with zero attached hydrogens (tertiary/aromatic N) is 3. The maximum Gasteiger partial charge on any atom is 0.279 e. The fraction of sp³-hybridized carbons (Fsp3) is 0.417. The van der Waals surface area contributed by atoms with Crippen molar-refractivity contribution in [2.24, 2.45) is 0 Å². The Morgan fingerprint density at radius 1 is 1.00 bits per heavy atom. The van der Waals surface area contributed by atoms with Gasteiger partial charge < -0.3 is 19.4 Å². The van der Waals surface area contributed by atoms with Crippen molar-refractivity contribution in [1.82, 2.24) is 9.88 Å². The normalized spacial score (nSPS) is 16.4. The third-order valence-electron chi connectivity index (χ3n) is 6.40. The minimum Gasteiger partial charge on any atom is -0.486 e. The second-order valence-electron chi connectivity index (χ2n) is 8.38. The van der Waals surface area contributed by atoms with Crippen LogP contribution in [0.2, 0.25) is 0 Å². The lowest BCUT2D eigenvalue weighted by Gasteiger charge is -2.36. The van der Waals surface area contributed by atoms with Crippen LogP contribution in [0.3, 0.4) is 0 Å². The molecule has 2 aromatic carbocycles. The van der Waals surface area contributed by atoms with Gasteiger partial charge in [0.2, 0.25) is 0 Å². The fourth-order valence-electron chi connectivity index (χ4n) is 4.69. The lowest BCUT2D eigenvalue weighted by molar-refractivity contribution is -0.383. The van der Waals surface area contributed by atoms with Gasteiger partial charge in [-0.2, -0.15) is 0 Å².